The van der Waals surface area contributed by atoms with E-state index in [1.807, 2.05) is 6.92 Å². The Morgan fingerprint density at radius 2 is 2.10 bits per heavy atom. The zero-order valence-electron chi connectivity index (χ0n) is 11.8. The van der Waals surface area contributed by atoms with E-state index in [1.165, 1.54) is 18.5 Å². The molecule has 0 bridgehead atoms. The van der Waals surface area contributed by atoms with Crippen LogP contribution in [0.5, 0.6) is 0 Å². The van der Waals surface area contributed by atoms with Crippen LogP contribution in [0.1, 0.15) is 29.9 Å². The van der Waals surface area contributed by atoms with E-state index in [1.54, 1.807) is 18.7 Å². The Bertz CT molecular complexity index is 595. The molecule has 1 aromatic heterocycles. The topological polar surface area (TPSA) is 42.7 Å². The van der Waals surface area contributed by atoms with Crippen molar-refractivity contribution in [3.63, 3.8) is 0 Å². The molecule has 0 aliphatic rings. The first kappa shape index (κ1) is 14.6. The van der Waals surface area contributed by atoms with Crippen molar-refractivity contribution in [1.29, 1.82) is 0 Å². The summed E-state index contributed by atoms with van der Waals surface area (Å²) >= 11 is 0. The highest BCUT2D eigenvalue weighted by Crippen LogP contribution is 2.25. The fourth-order valence-corrected chi connectivity index (χ4v) is 2.24. The van der Waals surface area contributed by atoms with Gasteiger partial charge >= 0.3 is 0 Å². The molecule has 0 fully saturated rings. The van der Waals surface area contributed by atoms with E-state index in [9.17, 15) is 8.78 Å². The molecule has 20 heavy (non-hydrogen) atoms. The lowest BCUT2D eigenvalue weighted by Gasteiger charge is -2.18. The van der Waals surface area contributed by atoms with E-state index in [4.69, 9.17) is 0 Å². The van der Waals surface area contributed by atoms with Crippen LogP contribution in [0.25, 0.3) is 0 Å². The summed E-state index contributed by atoms with van der Waals surface area (Å²) < 4.78 is 29.9. The van der Waals surface area contributed by atoms with Gasteiger partial charge in [0, 0.05) is 24.6 Å². The molecule has 1 aromatic carbocycles. The summed E-state index contributed by atoms with van der Waals surface area (Å²) in [6, 6.07) is 2.25. The molecule has 6 heteroatoms. The van der Waals surface area contributed by atoms with Gasteiger partial charge in [0.15, 0.2) is 0 Å². The molecule has 0 aliphatic heterocycles. The van der Waals surface area contributed by atoms with E-state index in [2.05, 4.69) is 15.4 Å². The SMILES string of the molecule is CCn1ncnc1CC(NC)c1c(F)ccc(C)c1F. The lowest BCUT2D eigenvalue weighted by Crippen LogP contribution is -2.23. The highest BCUT2D eigenvalue weighted by molar-refractivity contribution is 5.29. The molecule has 1 heterocycles. The van der Waals surface area contributed by atoms with Gasteiger partial charge in [0.05, 0.1) is 0 Å². The minimum absolute atomic E-state index is 0.0538. The summed E-state index contributed by atoms with van der Waals surface area (Å²) in [6.45, 7) is 4.24. The number of nitrogens with one attached hydrogen (secondary N) is 1. The Morgan fingerprint density at radius 1 is 1.35 bits per heavy atom. The van der Waals surface area contributed by atoms with Crippen LogP contribution < -0.4 is 5.32 Å². The molecule has 108 valence electrons. The fourth-order valence-electron chi connectivity index (χ4n) is 2.24. The first-order valence-electron chi connectivity index (χ1n) is 6.56. The molecule has 0 saturated heterocycles. The predicted molar refractivity (Wildman–Crippen MR) is 72.3 cm³/mol. The van der Waals surface area contributed by atoms with Crippen LogP contribution in [0.15, 0.2) is 18.5 Å². The van der Waals surface area contributed by atoms with Gasteiger partial charge in [-0.25, -0.2) is 13.8 Å². The fraction of sp³-hybridized carbons (Fsp3) is 0.429. The predicted octanol–water partition coefficient (Wildman–Crippen LogP) is 2.39. The minimum Gasteiger partial charge on any atom is -0.312 e. The van der Waals surface area contributed by atoms with Gasteiger partial charge in [-0.1, -0.05) is 6.07 Å². The maximum atomic E-state index is 14.2. The normalized spacial score (nSPS) is 12.7. The third kappa shape index (κ3) is 2.70. The van der Waals surface area contributed by atoms with Gasteiger partial charge < -0.3 is 5.32 Å². The summed E-state index contributed by atoms with van der Waals surface area (Å²) in [4.78, 5) is 4.15. The number of nitrogens with zero attached hydrogens (tertiary/aromatic N) is 3. The van der Waals surface area contributed by atoms with Gasteiger partial charge in [-0.15, -0.1) is 0 Å². The second kappa shape index (κ2) is 6.09. The van der Waals surface area contributed by atoms with Crippen LogP contribution in [-0.2, 0) is 13.0 Å². The zero-order valence-corrected chi connectivity index (χ0v) is 11.8. The zero-order chi connectivity index (χ0) is 14.7. The Morgan fingerprint density at radius 3 is 2.75 bits per heavy atom. The van der Waals surface area contributed by atoms with Crippen LogP contribution in [0, 0.1) is 18.6 Å². The summed E-state index contributed by atoms with van der Waals surface area (Å²) in [7, 11) is 1.68. The summed E-state index contributed by atoms with van der Waals surface area (Å²) in [5, 5.41) is 7.02. The molecule has 2 rings (SSSR count). The Labute approximate surface area is 116 Å². The Balaban J connectivity index is 2.36. The lowest BCUT2D eigenvalue weighted by molar-refractivity contribution is 0.470. The third-order valence-corrected chi connectivity index (χ3v) is 3.40. The van der Waals surface area contributed by atoms with E-state index in [0.717, 1.165) is 0 Å². The molecule has 4 nitrogen and oxygen atoms in total. The smallest absolute Gasteiger partial charge is 0.138 e. The molecule has 0 saturated carbocycles. The van der Waals surface area contributed by atoms with Crippen molar-refractivity contribution in [2.24, 2.45) is 0 Å². The molecular formula is C14H18F2N4. The number of halogens is 2. The molecule has 1 unspecified atom stereocenters. The van der Waals surface area contributed by atoms with Crippen molar-refractivity contribution < 1.29 is 8.78 Å². The first-order valence-corrected chi connectivity index (χ1v) is 6.56. The molecule has 0 radical (unpaired) electrons. The number of likely N-dealkylation sites (N-methyl/N-ethyl adjacent to an activating group) is 1. The number of hydrogen-bond acceptors (Lipinski definition) is 3. The second-order valence-corrected chi connectivity index (χ2v) is 4.63. The molecule has 0 amide bonds. The van der Waals surface area contributed by atoms with Gasteiger partial charge in [-0.05, 0) is 32.5 Å². The van der Waals surface area contributed by atoms with Gasteiger partial charge in [0.25, 0.3) is 0 Å². The van der Waals surface area contributed by atoms with Crippen LogP contribution >= 0.6 is 0 Å². The standard InChI is InChI=1S/C14H18F2N4/c1-4-20-12(18-8-19-20)7-11(17-3)13-10(15)6-5-9(2)14(13)16/h5-6,8,11,17H,4,7H2,1-3H3. The highest BCUT2D eigenvalue weighted by Gasteiger charge is 2.22. The van der Waals surface area contributed by atoms with E-state index >= 15 is 0 Å². The van der Waals surface area contributed by atoms with Gasteiger partial charge in [-0.3, -0.25) is 4.68 Å². The summed E-state index contributed by atoms with van der Waals surface area (Å²) in [6.07, 6.45) is 1.83. The monoisotopic (exact) mass is 280 g/mol. The average molecular weight is 280 g/mol. The summed E-state index contributed by atoms with van der Waals surface area (Å²) in [5.74, 6) is -0.353. The van der Waals surface area contributed by atoms with E-state index in [-0.39, 0.29) is 5.56 Å². The molecule has 1 N–H and O–H groups in total. The first-order chi connectivity index (χ1) is 9.58. The largest absolute Gasteiger partial charge is 0.312 e. The minimum atomic E-state index is -0.546. The second-order valence-electron chi connectivity index (χ2n) is 4.63. The van der Waals surface area contributed by atoms with Crippen LogP contribution in [-0.4, -0.2) is 21.8 Å². The molecule has 0 spiro atoms. The molecule has 0 aliphatic carbocycles. The number of aryl methyl sites for hydroxylation is 2. The van der Waals surface area contributed by atoms with Crippen LogP contribution in [0.3, 0.4) is 0 Å². The average Bonchev–Trinajstić information content (AvgIpc) is 2.89. The summed E-state index contributed by atoms with van der Waals surface area (Å²) in [5.41, 5.74) is 0.483. The number of hydrogen-bond donors (Lipinski definition) is 1. The van der Waals surface area contributed by atoms with Gasteiger partial charge in [0.2, 0.25) is 0 Å². The maximum absolute atomic E-state index is 14.2. The Hall–Kier alpha value is -1.82. The quantitative estimate of drug-likeness (QED) is 0.914. The third-order valence-electron chi connectivity index (χ3n) is 3.40. The number of benzene rings is 1. The Kier molecular flexibility index (Phi) is 4.44. The van der Waals surface area contributed by atoms with Crippen molar-refractivity contribution in [3.05, 3.63) is 47.0 Å². The maximum Gasteiger partial charge on any atom is 0.138 e. The van der Waals surface area contributed by atoms with Crippen LogP contribution in [0.2, 0.25) is 0 Å². The van der Waals surface area contributed by atoms with E-state index < -0.39 is 17.7 Å². The van der Waals surface area contributed by atoms with Crippen LogP contribution in [0.4, 0.5) is 8.78 Å². The number of rotatable bonds is 5. The van der Waals surface area contributed by atoms with Crippen molar-refractivity contribution in [3.8, 4) is 0 Å². The van der Waals surface area contributed by atoms with Crippen molar-refractivity contribution in [2.75, 3.05) is 7.05 Å². The van der Waals surface area contributed by atoms with E-state index in [0.29, 0.717) is 24.4 Å². The molecular weight excluding hydrogens is 262 g/mol. The van der Waals surface area contributed by atoms with Gasteiger partial charge in [-0.2, -0.15) is 5.10 Å². The van der Waals surface area contributed by atoms with Crippen molar-refractivity contribution in [1.82, 2.24) is 20.1 Å². The molecule has 2 aromatic rings. The van der Waals surface area contributed by atoms with Crippen molar-refractivity contribution in [2.45, 2.75) is 32.9 Å². The van der Waals surface area contributed by atoms with Crippen molar-refractivity contribution >= 4 is 0 Å². The highest BCUT2D eigenvalue weighted by atomic mass is 19.1. The lowest BCUT2D eigenvalue weighted by atomic mass is 9.99. The number of aromatic nitrogens is 3. The van der Waals surface area contributed by atoms with Gasteiger partial charge in [0.1, 0.15) is 23.8 Å². The molecule has 1 atom stereocenters.